The number of nitrogens with zero attached hydrogens (tertiary/aromatic N) is 3. The summed E-state index contributed by atoms with van der Waals surface area (Å²) in [6.07, 6.45) is 3.28. The Kier molecular flexibility index (Phi) is 4.34. The molecule has 0 radical (unpaired) electrons. The van der Waals surface area contributed by atoms with Gasteiger partial charge >= 0.3 is 0 Å². The van der Waals surface area contributed by atoms with Crippen molar-refractivity contribution in [3.05, 3.63) is 22.7 Å². The van der Waals surface area contributed by atoms with E-state index in [0.717, 1.165) is 25.1 Å². The Morgan fingerprint density at radius 2 is 2.48 bits per heavy atom. The lowest BCUT2D eigenvalue weighted by Crippen LogP contribution is -2.39. The van der Waals surface area contributed by atoms with Crippen molar-refractivity contribution in [3.63, 3.8) is 0 Å². The number of hydrogen-bond acceptors (Lipinski definition) is 5. The number of aromatic nitrogens is 2. The lowest BCUT2D eigenvalue weighted by molar-refractivity contribution is -0.132. The first-order chi connectivity index (χ1) is 10.2. The zero-order valence-electron chi connectivity index (χ0n) is 12.1. The van der Waals surface area contributed by atoms with Crippen LogP contribution >= 0.6 is 11.3 Å². The molecule has 3 rings (SSSR count). The minimum absolute atomic E-state index is 0.192. The molecule has 1 fully saturated rings. The molecule has 2 aromatic rings. The fourth-order valence-electron chi connectivity index (χ4n) is 2.65. The van der Waals surface area contributed by atoms with Gasteiger partial charge < -0.3 is 9.42 Å². The largest absolute Gasteiger partial charge is 0.342 e. The van der Waals surface area contributed by atoms with Crippen LogP contribution in [0.4, 0.5) is 0 Å². The molecule has 3 heterocycles. The number of thiophene rings is 1. The van der Waals surface area contributed by atoms with Crippen molar-refractivity contribution in [2.24, 2.45) is 5.92 Å². The second-order valence-corrected chi connectivity index (χ2v) is 6.39. The van der Waals surface area contributed by atoms with Crippen LogP contribution in [0, 0.1) is 5.92 Å². The normalized spacial score (nSPS) is 18.9. The van der Waals surface area contributed by atoms with E-state index in [1.165, 1.54) is 6.42 Å². The molecule has 0 spiro atoms. The predicted molar refractivity (Wildman–Crippen MR) is 80.9 cm³/mol. The van der Waals surface area contributed by atoms with Crippen molar-refractivity contribution in [3.8, 4) is 11.4 Å². The van der Waals surface area contributed by atoms with Crippen molar-refractivity contribution < 1.29 is 9.32 Å². The highest BCUT2D eigenvalue weighted by molar-refractivity contribution is 7.08. The van der Waals surface area contributed by atoms with Crippen LogP contribution in [0.1, 0.15) is 32.1 Å². The summed E-state index contributed by atoms with van der Waals surface area (Å²) >= 11 is 1.60. The highest BCUT2D eigenvalue weighted by Crippen LogP contribution is 2.20. The molecule has 21 heavy (non-hydrogen) atoms. The Labute approximate surface area is 128 Å². The Bertz CT molecular complexity index is 594. The highest BCUT2D eigenvalue weighted by Gasteiger charge is 2.21. The molecule has 1 unspecified atom stereocenters. The lowest BCUT2D eigenvalue weighted by atomic mass is 10.00. The molecule has 1 amide bonds. The van der Waals surface area contributed by atoms with Gasteiger partial charge in [-0.2, -0.15) is 16.3 Å². The third kappa shape index (κ3) is 3.50. The molecule has 0 aromatic carbocycles. The van der Waals surface area contributed by atoms with Crippen LogP contribution < -0.4 is 0 Å². The molecule has 112 valence electrons. The molecule has 1 aliphatic rings. The van der Waals surface area contributed by atoms with Gasteiger partial charge in [-0.15, -0.1) is 0 Å². The van der Waals surface area contributed by atoms with E-state index in [2.05, 4.69) is 17.1 Å². The van der Waals surface area contributed by atoms with Crippen LogP contribution in [-0.2, 0) is 11.2 Å². The fraction of sp³-hybridized carbons (Fsp3) is 0.533. The third-order valence-electron chi connectivity index (χ3n) is 3.81. The monoisotopic (exact) mass is 305 g/mol. The summed E-state index contributed by atoms with van der Waals surface area (Å²) in [6, 6.07) is 1.96. The van der Waals surface area contributed by atoms with E-state index in [-0.39, 0.29) is 5.91 Å². The summed E-state index contributed by atoms with van der Waals surface area (Å²) in [4.78, 5) is 18.5. The standard InChI is InChI=1S/C15H19N3O2S/c1-11-3-2-7-18(9-11)14(19)5-4-13-16-15(17-20-13)12-6-8-21-10-12/h6,8,10-11H,2-5,7,9H2,1H3. The molecule has 0 N–H and O–H groups in total. The van der Waals surface area contributed by atoms with E-state index in [1.807, 2.05) is 21.7 Å². The first-order valence-corrected chi connectivity index (χ1v) is 8.29. The van der Waals surface area contributed by atoms with Gasteiger partial charge in [-0.1, -0.05) is 12.1 Å². The molecule has 1 atom stereocenters. The van der Waals surface area contributed by atoms with Gasteiger partial charge in [0.25, 0.3) is 0 Å². The maximum Gasteiger partial charge on any atom is 0.227 e. The maximum atomic E-state index is 12.2. The van der Waals surface area contributed by atoms with E-state index in [9.17, 15) is 4.79 Å². The Morgan fingerprint density at radius 3 is 3.24 bits per heavy atom. The second-order valence-electron chi connectivity index (χ2n) is 5.61. The van der Waals surface area contributed by atoms with E-state index in [0.29, 0.717) is 30.5 Å². The van der Waals surface area contributed by atoms with E-state index in [4.69, 9.17) is 4.52 Å². The van der Waals surface area contributed by atoms with Crippen LogP contribution in [0.2, 0.25) is 0 Å². The molecule has 6 heteroatoms. The van der Waals surface area contributed by atoms with Crippen LogP contribution in [0.15, 0.2) is 21.3 Å². The number of amides is 1. The molecule has 1 aliphatic heterocycles. The van der Waals surface area contributed by atoms with Gasteiger partial charge in [0.05, 0.1) is 0 Å². The van der Waals surface area contributed by atoms with Crippen molar-refractivity contribution in [1.29, 1.82) is 0 Å². The number of piperidine rings is 1. The summed E-state index contributed by atoms with van der Waals surface area (Å²) in [6.45, 7) is 3.96. The summed E-state index contributed by atoms with van der Waals surface area (Å²) in [5.74, 6) is 1.94. The van der Waals surface area contributed by atoms with Crippen LogP contribution in [0.3, 0.4) is 0 Å². The first kappa shape index (κ1) is 14.3. The zero-order chi connectivity index (χ0) is 14.7. The van der Waals surface area contributed by atoms with Gasteiger partial charge in [0, 0.05) is 36.9 Å². The number of likely N-dealkylation sites (tertiary alicyclic amines) is 1. The van der Waals surface area contributed by atoms with Crippen molar-refractivity contribution in [2.75, 3.05) is 13.1 Å². The van der Waals surface area contributed by atoms with Gasteiger partial charge in [0.15, 0.2) is 0 Å². The van der Waals surface area contributed by atoms with Gasteiger partial charge in [-0.3, -0.25) is 4.79 Å². The van der Waals surface area contributed by atoms with E-state index in [1.54, 1.807) is 11.3 Å². The molecular weight excluding hydrogens is 286 g/mol. The van der Waals surface area contributed by atoms with Gasteiger partial charge in [0.2, 0.25) is 17.6 Å². The quantitative estimate of drug-likeness (QED) is 0.871. The molecule has 0 saturated carbocycles. The Hall–Kier alpha value is -1.69. The molecule has 5 nitrogen and oxygen atoms in total. The second kappa shape index (κ2) is 6.39. The minimum atomic E-state index is 0.192. The van der Waals surface area contributed by atoms with Crippen molar-refractivity contribution >= 4 is 17.2 Å². The predicted octanol–water partition coefficient (Wildman–Crippen LogP) is 2.99. The van der Waals surface area contributed by atoms with Crippen LogP contribution in [0.25, 0.3) is 11.4 Å². The average Bonchev–Trinajstić information content (AvgIpc) is 3.15. The van der Waals surface area contributed by atoms with Gasteiger partial charge in [-0.05, 0) is 30.2 Å². The lowest BCUT2D eigenvalue weighted by Gasteiger charge is -2.30. The average molecular weight is 305 g/mol. The molecule has 1 saturated heterocycles. The van der Waals surface area contributed by atoms with Crippen LogP contribution in [0.5, 0.6) is 0 Å². The zero-order valence-corrected chi connectivity index (χ0v) is 12.9. The summed E-state index contributed by atoms with van der Waals surface area (Å²) < 4.78 is 5.22. The molecule has 2 aromatic heterocycles. The number of aryl methyl sites for hydroxylation is 1. The third-order valence-corrected chi connectivity index (χ3v) is 4.49. The minimum Gasteiger partial charge on any atom is -0.342 e. The molecule has 0 bridgehead atoms. The first-order valence-electron chi connectivity index (χ1n) is 7.35. The Morgan fingerprint density at radius 1 is 1.57 bits per heavy atom. The topological polar surface area (TPSA) is 59.2 Å². The smallest absolute Gasteiger partial charge is 0.227 e. The number of carbonyl (C=O) groups is 1. The van der Waals surface area contributed by atoms with Crippen molar-refractivity contribution in [2.45, 2.75) is 32.6 Å². The summed E-state index contributed by atoms with van der Waals surface area (Å²) in [5.41, 5.74) is 0.964. The van der Waals surface area contributed by atoms with Crippen molar-refractivity contribution in [1.82, 2.24) is 15.0 Å². The molecule has 0 aliphatic carbocycles. The summed E-state index contributed by atoms with van der Waals surface area (Å²) in [7, 11) is 0. The van der Waals surface area contributed by atoms with E-state index < -0.39 is 0 Å². The van der Waals surface area contributed by atoms with Crippen LogP contribution in [-0.4, -0.2) is 34.0 Å². The maximum absolute atomic E-state index is 12.2. The fourth-order valence-corrected chi connectivity index (χ4v) is 3.29. The SMILES string of the molecule is CC1CCCN(C(=O)CCc2nc(-c3ccsc3)no2)C1. The molecular formula is C15H19N3O2S. The van der Waals surface area contributed by atoms with Gasteiger partial charge in [0.1, 0.15) is 0 Å². The Balaban J connectivity index is 1.54. The highest BCUT2D eigenvalue weighted by atomic mass is 32.1. The number of hydrogen-bond donors (Lipinski definition) is 0. The number of carbonyl (C=O) groups excluding carboxylic acids is 1. The van der Waals surface area contributed by atoms with E-state index >= 15 is 0 Å². The number of rotatable bonds is 4. The summed E-state index contributed by atoms with van der Waals surface area (Å²) in [5, 5.41) is 7.92. The van der Waals surface area contributed by atoms with Gasteiger partial charge in [-0.25, -0.2) is 0 Å².